The van der Waals surface area contributed by atoms with Gasteiger partial charge in [-0.2, -0.15) is 0 Å². The fourth-order valence-electron chi connectivity index (χ4n) is 1.45. The molecule has 17 heavy (non-hydrogen) atoms. The standard InChI is InChI=1S/C13H19BrN2O/c1-4-7-15-13(17)10(3)16-12-8-11(14)6-5-9(12)2/h5-6,8,10,16H,4,7H2,1-3H3,(H,15,17). The molecule has 0 aliphatic heterocycles. The molecule has 1 unspecified atom stereocenters. The first kappa shape index (κ1) is 14.0. The fourth-order valence-corrected chi connectivity index (χ4v) is 1.81. The van der Waals surface area contributed by atoms with E-state index in [1.807, 2.05) is 39.0 Å². The smallest absolute Gasteiger partial charge is 0.242 e. The lowest BCUT2D eigenvalue weighted by atomic mass is 10.2. The first-order valence-corrected chi connectivity index (χ1v) is 6.64. The Morgan fingerprint density at radius 2 is 2.18 bits per heavy atom. The average Bonchev–Trinajstić information content (AvgIpc) is 2.30. The van der Waals surface area contributed by atoms with Crippen molar-refractivity contribution in [3.8, 4) is 0 Å². The van der Waals surface area contributed by atoms with Crippen LogP contribution in [0, 0.1) is 6.92 Å². The van der Waals surface area contributed by atoms with Crippen molar-refractivity contribution in [2.24, 2.45) is 0 Å². The Bertz CT molecular complexity index is 393. The molecule has 1 aromatic carbocycles. The Balaban J connectivity index is 2.64. The third-order valence-corrected chi connectivity index (χ3v) is 3.01. The lowest BCUT2D eigenvalue weighted by Gasteiger charge is -2.16. The number of amides is 1. The first-order valence-electron chi connectivity index (χ1n) is 5.85. The summed E-state index contributed by atoms with van der Waals surface area (Å²) in [6.45, 7) is 6.65. The van der Waals surface area contributed by atoms with Crippen LogP contribution in [0.3, 0.4) is 0 Å². The van der Waals surface area contributed by atoms with Crippen molar-refractivity contribution in [1.29, 1.82) is 0 Å². The molecule has 2 N–H and O–H groups in total. The van der Waals surface area contributed by atoms with E-state index in [2.05, 4.69) is 26.6 Å². The van der Waals surface area contributed by atoms with E-state index in [1.54, 1.807) is 0 Å². The highest BCUT2D eigenvalue weighted by Crippen LogP contribution is 2.21. The van der Waals surface area contributed by atoms with E-state index in [-0.39, 0.29) is 11.9 Å². The summed E-state index contributed by atoms with van der Waals surface area (Å²) in [7, 11) is 0. The van der Waals surface area contributed by atoms with Crippen LogP contribution in [0.25, 0.3) is 0 Å². The number of halogens is 1. The highest BCUT2D eigenvalue weighted by molar-refractivity contribution is 9.10. The second kappa shape index (κ2) is 6.64. The quantitative estimate of drug-likeness (QED) is 0.877. The normalized spacial score (nSPS) is 12.0. The minimum atomic E-state index is -0.227. The van der Waals surface area contributed by atoms with E-state index in [0.29, 0.717) is 0 Å². The molecule has 4 heteroatoms. The van der Waals surface area contributed by atoms with Crippen molar-refractivity contribution in [3.63, 3.8) is 0 Å². The monoisotopic (exact) mass is 298 g/mol. The summed E-state index contributed by atoms with van der Waals surface area (Å²) in [4.78, 5) is 11.7. The zero-order valence-corrected chi connectivity index (χ0v) is 12.1. The van der Waals surface area contributed by atoms with E-state index in [9.17, 15) is 4.79 Å². The molecule has 0 aliphatic rings. The summed E-state index contributed by atoms with van der Waals surface area (Å²) >= 11 is 3.42. The number of nitrogens with one attached hydrogen (secondary N) is 2. The van der Waals surface area contributed by atoms with Crippen LogP contribution >= 0.6 is 15.9 Å². The number of anilines is 1. The molecule has 1 aromatic rings. The predicted octanol–water partition coefficient (Wildman–Crippen LogP) is 3.08. The highest BCUT2D eigenvalue weighted by Gasteiger charge is 2.12. The van der Waals surface area contributed by atoms with Crippen LogP contribution in [0.2, 0.25) is 0 Å². The summed E-state index contributed by atoms with van der Waals surface area (Å²) in [5.41, 5.74) is 2.11. The van der Waals surface area contributed by atoms with Gasteiger partial charge in [-0.25, -0.2) is 0 Å². The van der Waals surface area contributed by atoms with Crippen LogP contribution in [-0.2, 0) is 4.79 Å². The molecule has 0 saturated heterocycles. The molecule has 1 atom stereocenters. The molecule has 0 radical (unpaired) electrons. The molecule has 0 saturated carbocycles. The third-order valence-electron chi connectivity index (χ3n) is 2.51. The number of hydrogen-bond donors (Lipinski definition) is 2. The fraction of sp³-hybridized carbons (Fsp3) is 0.462. The van der Waals surface area contributed by atoms with Crippen LogP contribution in [0.1, 0.15) is 25.8 Å². The van der Waals surface area contributed by atoms with Gasteiger partial charge >= 0.3 is 0 Å². The number of hydrogen-bond acceptors (Lipinski definition) is 2. The van der Waals surface area contributed by atoms with Gasteiger partial charge in [-0.05, 0) is 38.0 Å². The SMILES string of the molecule is CCCNC(=O)C(C)Nc1cc(Br)ccc1C. The van der Waals surface area contributed by atoms with E-state index in [1.165, 1.54) is 0 Å². The van der Waals surface area contributed by atoms with Crippen molar-refractivity contribution in [2.45, 2.75) is 33.2 Å². The molecule has 3 nitrogen and oxygen atoms in total. The second-order valence-corrected chi connectivity index (χ2v) is 5.03. The lowest BCUT2D eigenvalue weighted by molar-refractivity contribution is -0.121. The van der Waals surface area contributed by atoms with Crippen molar-refractivity contribution < 1.29 is 4.79 Å². The summed E-state index contributed by atoms with van der Waals surface area (Å²) in [5.74, 6) is 0.0335. The van der Waals surface area contributed by atoms with Crippen LogP contribution < -0.4 is 10.6 Å². The third kappa shape index (κ3) is 4.38. The molecule has 0 spiro atoms. The Morgan fingerprint density at radius 3 is 2.82 bits per heavy atom. The van der Waals surface area contributed by atoms with Crippen LogP contribution in [0.15, 0.2) is 22.7 Å². The van der Waals surface area contributed by atoms with Gasteiger partial charge in [-0.15, -0.1) is 0 Å². The Morgan fingerprint density at radius 1 is 1.47 bits per heavy atom. The van der Waals surface area contributed by atoms with Gasteiger partial charge in [-0.1, -0.05) is 28.9 Å². The van der Waals surface area contributed by atoms with Gasteiger partial charge in [0.15, 0.2) is 0 Å². The molecule has 94 valence electrons. The molecule has 1 rings (SSSR count). The topological polar surface area (TPSA) is 41.1 Å². The molecular formula is C13H19BrN2O. The number of aryl methyl sites for hydroxylation is 1. The minimum absolute atomic E-state index is 0.0335. The van der Waals surface area contributed by atoms with Gasteiger partial charge in [0.05, 0.1) is 0 Å². The Hall–Kier alpha value is -1.03. The van der Waals surface area contributed by atoms with Gasteiger partial charge in [0, 0.05) is 16.7 Å². The van der Waals surface area contributed by atoms with Gasteiger partial charge in [0.2, 0.25) is 5.91 Å². The maximum atomic E-state index is 11.7. The molecular weight excluding hydrogens is 280 g/mol. The zero-order valence-electron chi connectivity index (χ0n) is 10.5. The molecule has 0 aromatic heterocycles. The maximum Gasteiger partial charge on any atom is 0.242 e. The first-order chi connectivity index (χ1) is 8.04. The van der Waals surface area contributed by atoms with E-state index in [0.717, 1.165) is 28.7 Å². The van der Waals surface area contributed by atoms with Gasteiger partial charge in [0.1, 0.15) is 6.04 Å². The number of carbonyl (C=O) groups is 1. The minimum Gasteiger partial charge on any atom is -0.374 e. The summed E-state index contributed by atoms with van der Waals surface area (Å²) in [6, 6.07) is 5.76. The van der Waals surface area contributed by atoms with Crippen molar-refractivity contribution in [3.05, 3.63) is 28.2 Å². The number of carbonyl (C=O) groups excluding carboxylic acids is 1. The Labute approximate surface area is 111 Å². The largest absolute Gasteiger partial charge is 0.374 e. The van der Waals surface area contributed by atoms with Crippen LogP contribution in [0.4, 0.5) is 5.69 Å². The lowest BCUT2D eigenvalue weighted by Crippen LogP contribution is -2.38. The Kier molecular flexibility index (Phi) is 5.48. The van der Waals surface area contributed by atoms with Crippen molar-refractivity contribution in [1.82, 2.24) is 5.32 Å². The molecule has 0 fully saturated rings. The van der Waals surface area contributed by atoms with Crippen LogP contribution in [-0.4, -0.2) is 18.5 Å². The molecule has 1 amide bonds. The average molecular weight is 299 g/mol. The number of benzene rings is 1. The van der Waals surface area contributed by atoms with E-state index in [4.69, 9.17) is 0 Å². The van der Waals surface area contributed by atoms with Gasteiger partial charge in [0.25, 0.3) is 0 Å². The van der Waals surface area contributed by atoms with E-state index >= 15 is 0 Å². The van der Waals surface area contributed by atoms with Gasteiger partial charge < -0.3 is 10.6 Å². The van der Waals surface area contributed by atoms with Crippen molar-refractivity contribution in [2.75, 3.05) is 11.9 Å². The summed E-state index contributed by atoms with van der Waals surface area (Å²) in [6.07, 6.45) is 0.953. The molecule has 0 aliphatic carbocycles. The predicted molar refractivity (Wildman–Crippen MR) is 75.3 cm³/mol. The number of rotatable bonds is 5. The molecule has 0 bridgehead atoms. The van der Waals surface area contributed by atoms with Crippen LogP contribution in [0.5, 0.6) is 0 Å². The second-order valence-electron chi connectivity index (χ2n) is 4.12. The summed E-state index contributed by atoms with van der Waals surface area (Å²) < 4.78 is 1.01. The summed E-state index contributed by atoms with van der Waals surface area (Å²) in [5, 5.41) is 6.09. The van der Waals surface area contributed by atoms with Gasteiger partial charge in [-0.3, -0.25) is 4.79 Å². The zero-order chi connectivity index (χ0) is 12.8. The maximum absolute atomic E-state index is 11.7. The highest BCUT2D eigenvalue weighted by atomic mass is 79.9. The molecule has 0 heterocycles. The van der Waals surface area contributed by atoms with Crippen molar-refractivity contribution >= 4 is 27.5 Å². The van der Waals surface area contributed by atoms with E-state index < -0.39 is 0 Å².